The number of amides is 1. The van der Waals surface area contributed by atoms with Crippen molar-refractivity contribution in [2.24, 2.45) is 0 Å². The Hall–Kier alpha value is -2.15. The minimum atomic E-state index is -4.41. The molecular weight excluding hydrogens is 363 g/mol. The van der Waals surface area contributed by atoms with Crippen LogP contribution in [0.1, 0.15) is 22.1 Å². The Morgan fingerprint density at radius 1 is 1.23 bits per heavy atom. The van der Waals surface area contributed by atoms with E-state index in [2.05, 4.69) is 0 Å². The molecular formula is C19H18F3NO2S. The standard InChI is InChI=1S/C19H18F3NO2S/c1-25-16-7-5-14(6-8-16)18-23(9-10-26-18)17(24)12-13-3-2-4-15(11-13)19(20,21)22/h2-8,11,18H,9-10,12H2,1H3. The van der Waals surface area contributed by atoms with E-state index in [1.807, 2.05) is 24.3 Å². The lowest BCUT2D eigenvalue weighted by atomic mass is 10.1. The van der Waals surface area contributed by atoms with Gasteiger partial charge in [0, 0.05) is 12.3 Å². The normalized spacial score (nSPS) is 17.4. The lowest BCUT2D eigenvalue weighted by Gasteiger charge is -2.24. The molecule has 1 fully saturated rings. The zero-order valence-electron chi connectivity index (χ0n) is 14.1. The highest BCUT2D eigenvalue weighted by molar-refractivity contribution is 7.99. The topological polar surface area (TPSA) is 29.5 Å². The van der Waals surface area contributed by atoms with Crippen LogP contribution in [-0.4, -0.2) is 30.2 Å². The molecule has 0 aliphatic carbocycles. The van der Waals surface area contributed by atoms with Crippen LogP contribution in [0.4, 0.5) is 13.2 Å². The van der Waals surface area contributed by atoms with Crippen LogP contribution in [-0.2, 0) is 17.4 Å². The Labute approximate surface area is 154 Å². The van der Waals surface area contributed by atoms with Crippen LogP contribution in [0, 0.1) is 0 Å². The number of benzene rings is 2. The van der Waals surface area contributed by atoms with Gasteiger partial charge in [-0.2, -0.15) is 13.2 Å². The van der Waals surface area contributed by atoms with Crippen molar-refractivity contribution in [1.82, 2.24) is 4.90 Å². The second-order valence-electron chi connectivity index (χ2n) is 5.96. The van der Waals surface area contributed by atoms with E-state index in [4.69, 9.17) is 4.74 Å². The predicted molar refractivity (Wildman–Crippen MR) is 95.1 cm³/mol. The Morgan fingerprint density at radius 3 is 2.62 bits per heavy atom. The molecule has 0 N–H and O–H groups in total. The minimum Gasteiger partial charge on any atom is -0.497 e. The van der Waals surface area contributed by atoms with Crippen LogP contribution in [0.3, 0.4) is 0 Å². The van der Waals surface area contributed by atoms with Crippen LogP contribution in [0.15, 0.2) is 48.5 Å². The Balaban J connectivity index is 1.74. The van der Waals surface area contributed by atoms with Gasteiger partial charge in [-0.1, -0.05) is 30.3 Å². The van der Waals surface area contributed by atoms with Gasteiger partial charge in [0.1, 0.15) is 11.1 Å². The molecule has 7 heteroatoms. The highest BCUT2D eigenvalue weighted by atomic mass is 32.2. The average Bonchev–Trinajstić information content (AvgIpc) is 3.11. The molecule has 1 saturated heterocycles. The minimum absolute atomic E-state index is 0.0445. The fourth-order valence-corrected chi connectivity index (χ4v) is 4.18. The number of ether oxygens (including phenoxy) is 1. The van der Waals surface area contributed by atoms with E-state index in [0.29, 0.717) is 12.1 Å². The molecule has 1 amide bonds. The van der Waals surface area contributed by atoms with E-state index in [1.54, 1.807) is 29.8 Å². The number of hydrogen-bond acceptors (Lipinski definition) is 3. The molecule has 1 aliphatic rings. The van der Waals surface area contributed by atoms with Gasteiger partial charge in [-0.25, -0.2) is 0 Å². The smallest absolute Gasteiger partial charge is 0.416 e. The molecule has 0 bridgehead atoms. The van der Waals surface area contributed by atoms with Crippen LogP contribution >= 0.6 is 11.8 Å². The number of alkyl halides is 3. The van der Waals surface area contributed by atoms with Crippen molar-refractivity contribution in [3.05, 3.63) is 65.2 Å². The molecule has 1 unspecified atom stereocenters. The van der Waals surface area contributed by atoms with Crippen LogP contribution in [0.25, 0.3) is 0 Å². The number of rotatable bonds is 4. The van der Waals surface area contributed by atoms with Gasteiger partial charge in [-0.15, -0.1) is 11.8 Å². The summed E-state index contributed by atoms with van der Waals surface area (Å²) in [5.41, 5.74) is 0.617. The van der Waals surface area contributed by atoms with Crippen LogP contribution in [0.2, 0.25) is 0 Å². The van der Waals surface area contributed by atoms with E-state index in [0.717, 1.165) is 29.2 Å². The summed E-state index contributed by atoms with van der Waals surface area (Å²) in [4.78, 5) is 14.4. The highest BCUT2D eigenvalue weighted by Gasteiger charge is 2.32. The summed E-state index contributed by atoms with van der Waals surface area (Å²) in [5.74, 6) is 1.36. The molecule has 1 aliphatic heterocycles. The number of carbonyl (C=O) groups is 1. The Kier molecular flexibility index (Phi) is 5.46. The average molecular weight is 381 g/mol. The van der Waals surface area contributed by atoms with Gasteiger partial charge in [0.25, 0.3) is 0 Å². The zero-order valence-corrected chi connectivity index (χ0v) is 14.9. The maximum absolute atomic E-state index is 12.8. The van der Waals surface area contributed by atoms with E-state index in [9.17, 15) is 18.0 Å². The van der Waals surface area contributed by atoms with Crippen molar-refractivity contribution in [3.8, 4) is 5.75 Å². The molecule has 26 heavy (non-hydrogen) atoms. The molecule has 2 aromatic rings. The third-order valence-electron chi connectivity index (χ3n) is 4.22. The monoisotopic (exact) mass is 381 g/mol. The predicted octanol–water partition coefficient (Wildman–Crippen LogP) is 4.53. The third kappa shape index (κ3) is 4.15. The third-order valence-corrected chi connectivity index (χ3v) is 5.48. The largest absolute Gasteiger partial charge is 0.497 e. The number of hydrogen-bond donors (Lipinski definition) is 0. The molecule has 0 aromatic heterocycles. The van der Waals surface area contributed by atoms with Crippen LogP contribution in [0.5, 0.6) is 5.75 Å². The van der Waals surface area contributed by atoms with E-state index in [1.165, 1.54) is 6.07 Å². The number of carbonyl (C=O) groups excluding carboxylic acids is 1. The number of nitrogens with zero attached hydrogens (tertiary/aromatic N) is 1. The molecule has 2 aromatic carbocycles. The molecule has 138 valence electrons. The summed E-state index contributed by atoms with van der Waals surface area (Å²) in [5, 5.41) is -0.126. The lowest BCUT2D eigenvalue weighted by molar-refractivity contribution is -0.138. The van der Waals surface area contributed by atoms with Crippen molar-refractivity contribution in [2.45, 2.75) is 18.0 Å². The summed E-state index contributed by atoms with van der Waals surface area (Å²) in [7, 11) is 1.59. The Morgan fingerprint density at radius 2 is 1.96 bits per heavy atom. The van der Waals surface area contributed by atoms with Gasteiger partial charge < -0.3 is 9.64 Å². The highest BCUT2D eigenvalue weighted by Crippen LogP contribution is 2.39. The second kappa shape index (κ2) is 7.61. The van der Waals surface area contributed by atoms with E-state index < -0.39 is 11.7 Å². The number of thioether (sulfide) groups is 1. The van der Waals surface area contributed by atoms with Gasteiger partial charge in [-0.05, 0) is 29.3 Å². The first-order valence-corrected chi connectivity index (χ1v) is 9.14. The maximum Gasteiger partial charge on any atom is 0.416 e. The van der Waals surface area contributed by atoms with E-state index in [-0.39, 0.29) is 17.7 Å². The summed E-state index contributed by atoms with van der Waals surface area (Å²) in [6.07, 6.45) is -4.45. The first-order chi connectivity index (χ1) is 12.4. The maximum atomic E-state index is 12.8. The fourth-order valence-electron chi connectivity index (χ4n) is 2.90. The SMILES string of the molecule is COc1ccc(C2SCCN2C(=O)Cc2cccc(C(F)(F)F)c2)cc1. The molecule has 3 rings (SSSR count). The molecule has 3 nitrogen and oxygen atoms in total. The van der Waals surface area contributed by atoms with Gasteiger partial charge in [0.15, 0.2) is 0 Å². The quantitative estimate of drug-likeness (QED) is 0.779. The van der Waals surface area contributed by atoms with Crippen molar-refractivity contribution < 1.29 is 22.7 Å². The lowest BCUT2D eigenvalue weighted by Crippen LogP contribution is -2.31. The van der Waals surface area contributed by atoms with Crippen molar-refractivity contribution >= 4 is 17.7 Å². The molecule has 0 saturated carbocycles. The molecule has 0 spiro atoms. The van der Waals surface area contributed by atoms with Crippen LogP contribution < -0.4 is 4.74 Å². The second-order valence-corrected chi connectivity index (χ2v) is 7.15. The van der Waals surface area contributed by atoms with Crippen molar-refractivity contribution in [1.29, 1.82) is 0 Å². The first kappa shape index (κ1) is 18.6. The summed E-state index contributed by atoms with van der Waals surface area (Å²) >= 11 is 1.65. The van der Waals surface area contributed by atoms with Crippen molar-refractivity contribution in [2.75, 3.05) is 19.4 Å². The fraction of sp³-hybridized carbons (Fsp3) is 0.316. The van der Waals surface area contributed by atoms with Gasteiger partial charge in [-0.3, -0.25) is 4.79 Å². The molecule has 1 atom stereocenters. The first-order valence-electron chi connectivity index (χ1n) is 8.09. The summed E-state index contributed by atoms with van der Waals surface area (Å²) in [6, 6.07) is 12.4. The van der Waals surface area contributed by atoms with Gasteiger partial charge >= 0.3 is 6.18 Å². The van der Waals surface area contributed by atoms with Gasteiger partial charge in [0.05, 0.1) is 19.1 Å². The number of methoxy groups -OCH3 is 1. The Bertz CT molecular complexity index is 777. The van der Waals surface area contributed by atoms with Gasteiger partial charge in [0.2, 0.25) is 5.91 Å². The summed E-state index contributed by atoms with van der Waals surface area (Å²) < 4.78 is 43.7. The van der Waals surface area contributed by atoms with E-state index >= 15 is 0 Å². The zero-order chi connectivity index (χ0) is 18.7. The van der Waals surface area contributed by atoms with Crippen molar-refractivity contribution in [3.63, 3.8) is 0 Å². The summed E-state index contributed by atoms with van der Waals surface area (Å²) in [6.45, 7) is 0.582. The molecule has 0 radical (unpaired) electrons. The molecule has 1 heterocycles. The number of halogens is 3.